The maximum Gasteiger partial charge on any atom is 0.272 e. The van der Waals surface area contributed by atoms with Crippen molar-refractivity contribution in [1.82, 2.24) is 4.31 Å². The van der Waals surface area contributed by atoms with E-state index >= 15 is 0 Å². The van der Waals surface area contributed by atoms with Gasteiger partial charge in [0.05, 0.1) is 11.6 Å². The van der Waals surface area contributed by atoms with E-state index in [9.17, 15) is 8.78 Å². The van der Waals surface area contributed by atoms with Crippen LogP contribution in [0.2, 0.25) is 0 Å². The molecule has 0 radical (unpaired) electrons. The minimum Gasteiger partial charge on any atom is -0.318 e. The SMILES string of the molecule is CSN1C=C(Cl)C2=C(C1)C(F)(F)CC2. The lowest BCUT2D eigenvalue weighted by Gasteiger charge is -2.26. The van der Waals surface area contributed by atoms with Crippen LogP contribution in [0.5, 0.6) is 0 Å². The fourth-order valence-corrected chi connectivity index (χ4v) is 2.66. The van der Waals surface area contributed by atoms with Crippen molar-refractivity contribution in [2.75, 3.05) is 12.8 Å². The van der Waals surface area contributed by atoms with Gasteiger partial charge in [-0.3, -0.25) is 0 Å². The van der Waals surface area contributed by atoms with Crippen molar-refractivity contribution in [2.45, 2.75) is 18.8 Å². The van der Waals surface area contributed by atoms with Crippen LogP contribution in [0, 0.1) is 0 Å². The van der Waals surface area contributed by atoms with Crippen LogP contribution in [0.15, 0.2) is 22.4 Å². The van der Waals surface area contributed by atoms with E-state index in [4.69, 9.17) is 11.6 Å². The molecule has 0 saturated carbocycles. The van der Waals surface area contributed by atoms with Gasteiger partial charge in [-0.05, 0) is 12.0 Å². The first-order valence-electron chi connectivity index (χ1n) is 4.33. The molecule has 0 N–H and O–H groups in total. The standard InChI is InChI=1S/C9H10ClF2NS/c1-14-13-4-7-6(8(10)5-13)2-3-9(7,11)12/h5H,2-4H2,1H3. The van der Waals surface area contributed by atoms with E-state index in [-0.39, 0.29) is 12.0 Å². The van der Waals surface area contributed by atoms with E-state index in [1.54, 1.807) is 10.5 Å². The predicted molar refractivity (Wildman–Crippen MR) is 55.4 cm³/mol. The van der Waals surface area contributed by atoms with Gasteiger partial charge in [0.2, 0.25) is 0 Å². The average Bonchev–Trinajstić information content (AvgIpc) is 2.43. The van der Waals surface area contributed by atoms with Crippen LogP contribution in [0.4, 0.5) is 8.78 Å². The number of nitrogens with zero attached hydrogens (tertiary/aromatic N) is 1. The normalized spacial score (nSPS) is 25.1. The number of rotatable bonds is 1. The molecule has 5 heteroatoms. The summed E-state index contributed by atoms with van der Waals surface area (Å²) in [6.07, 6.45) is 3.88. The van der Waals surface area contributed by atoms with Crippen LogP contribution < -0.4 is 0 Å². The van der Waals surface area contributed by atoms with Crippen molar-refractivity contribution in [3.8, 4) is 0 Å². The summed E-state index contributed by atoms with van der Waals surface area (Å²) in [5.41, 5.74) is 0.862. The quantitative estimate of drug-likeness (QED) is 0.644. The Labute approximate surface area is 90.9 Å². The first-order chi connectivity index (χ1) is 6.54. The average molecular weight is 238 g/mol. The molecule has 0 amide bonds. The zero-order chi connectivity index (χ0) is 10.3. The maximum atomic E-state index is 13.4. The summed E-state index contributed by atoms with van der Waals surface area (Å²) in [7, 11) is 0. The summed E-state index contributed by atoms with van der Waals surface area (Å²) in [4.78, 5) is 0. The van der Waals surface area contributed by atoms with Gasteiger partial charge >= 0.3 is 0 Å². The second kappa shape index (κ2) is 3.42. The summed E-state index contributed by atoms with van der Waals surface area (Å²) < 4.78 is 28.5. The summed E-state index contributed by atoms with van der Waals surface area (Å²) in [5.74, 6) is -2.66. The lowest BCUT2D eigenvalue weighted by atomic mass is 10.1. The van der Waals surface area contributed by atoms with Gasteiger partial charge in [-0.2, -0.15) is 0 Å². The van der Waals surface area contributed by atoms with Crippen molar-refractivity contribution < 1.29 is 8.78 Å². The van der Waals surface area contributed by atoms with Gasteiger partial charge in [0, 0.05) is 24.4 Å². The topological polar surface area (TPSA) is 3.24 Å². The highest BCUT2D eigenvalue weighted by atomic mass is 35.5. The van der Waals surface area contributed by atoms with E-state index in [1.807, 2.05) is 6.26 Å². The van der Waals surface area contributed by atoms with E-state index < -0.39 is 5.92 Å². The second-order valence-corrected chi connectivity index (χ2v) is 4.64. The summed E-state index contributed by atoms with van der Waals surface area (Å²) >= 11 is 7.34. The minimum absolute atomic E-state index is 0.0933. The molecule has 0 aromatic carbocycles. The van der Waals surface area contributed by atoms with Crippen LogP contribution in [0.25, 0.3) is 0 Å². The molecule has 1 nitrogen and oxygen atoms in total. The highest BCUT2D eigenvalue weighted by molar-refractivity contribution is 7.96. The van der Waals surface area contributed by atoms with Gasteiger partial charge < -0.3 is 4.31 Å². The van der Waals surface area contributed by atoms with E-state index in [1.165, 1.54) is 11.9 Å². The van der Waals surface area contributed by atoms with Crippen LogP contribution >= 0.6 is 23.5 Å². The van der Waals surface area contributed by atoms with E-state index in [0.29, 0.717) is 23.6 Å². The van der Waals surface area contributed by atoms with Gasteiger partial charge in [-0.25, -0.2) is 8.78 Å². The largest absolute Gasteiger partial charge is 0.318 e. The Hall–Kier alpha value is -0.220. The number of hydrogen-bond acceptors (Lipinski definition) is 2. The zero-order valence-corrected chi connectivity index (χ0v) is 9.26. The highest BCUT2D eigenvalue weighted by Gasteiger charge is 2.43. The third-order valence-electron chi connectivity index (χ3n) is 2.59. The Morgan fingerprint density at radius 3 is 2.93 bits per heavy atom. The Morgan fingerprint density at radius 2 is 2.29 bits per heavy atom. The Morgan fingerprint density at radius 1 is 1.57 bits per heavy atom. The van der Waals surface area contributed by atoms with Crippen LogP contribution in [0.3, 0.4) is 0 Å². The molecule has 0 aromatic heterocycles. The molecule has 0 fully saturated rings. The fraction of sp³-hybridized carbons (Fsp3) is 0.556. The van der Waals surface area contributed by atoms with Crippen molar-refractivity contribution in [1.29, 1.82) is 0 Å². The molecule has 0 unspecified atom stereocenters. The Bertz CT molecular complexity index is 325. The minimum atomic E-state index is -2.66. The molecule has 0 aromatic rings. The van der Waals surface area contributed by atoms with Gasteiger partial charge in [-0.15, -0.1) is 0 Å². The van der Waals surface area contributed by atoms with Crippen molar-refractivity contribution in [2.24, 2.45) is 0 Å². The zero-order valence-electron chi connectivity index (χ0n) is 7.69. The van der Waals surface area contributed by atoms with Gasteiger partial charge in [-0.1, -0.05) is 23.5 Å². The number of alkyl halides is 2. The van der Waals surface area contributed by atoms with E-state index in [2.05, 4.69) is 0 Å². The molecule has 1 aliphatic carbocycles. The molecule has 1 aliphatic heterocycles. The van der Waals surface area contributed by atoms with Gasteiger partial charge in [0.25, 0.3) is 5.92 Å². The number of halogens is 3. The molecule has 0 saturated heterocycles. The van der Waals surface area contributed by atoms with Crippen LogP contribution in [-0.4, -0.2) is 23.0 Å². The summed E-state index contributed by atoms with van der Waals surface area (Å²) in [5, 5.41) is 0.470. The second-order valence-electron chi connectivity index (χ2n) is 3.40. The molecule has 0 spiro atoms. The van der Waals surface area contributed by atoms with Gasteiger partial charge in [0.1, 0.15) is 0 Å². The van der Waals surface area contributed by atoms with Crippen molar-refractivity contribution in [3.05, 3.63) is 22.4 Å². The number of hydrogen-bond donors (Lipinski definition) is 0. The van der Waals surface area contributed by atoms with E-state index in [0.717, 1.165) is 0 Å². The summed E-state index contributed by atoms with van der Waals surface area (Å²) in [6, 6.07) is 0. The molecular weight excluding hydrogens is 228 g/mol. The van der Waals surface area contributed by atoms with Crippen molar-refractivity contribution >= 4 is 23.5 Å². The molecule has 2 rings (SSSR count). The first-order valence-corrected chi connectivity index (χ1v) is 5.89. The van der Waals surface area contributed by atoms with Crippen LogP contribution in [-0.2, 0) is 0 Å². The molecule has 78 valence electrons. The predicted octanol–water partition coefficient (Wildman–Crippen LogP) is 3.39. The van der Waals surface area contributed by atoms with Crippen molar-refractivity contribution in [3.63, 3.8) is 0 Å². The molecule has 0 atom stereocenters. The summed E-state index contributed by atoms with van der Waals surface area (Å²) in [6.45, 7) is 0.291. The number of allylic oxidation sites excluding steroid dienone is 2. The Balaban J connectivity index is 2.34. The third kappa shape index (κ3) is 1.54. The third-order valence-corrected chi connectivity index (χ3v) is 3.62. The van der Waals surface area contributed by atoms with Gasteiger partial charge in [0.15, 0.2) is 0 Å². The first kappa shape index (κ1) is 10.3. The lowest BCUT2D eigenvalue weighted by molar-refractivity contribution is 0.0396. The maximum absolute atomic E-state index is 13.4. The lowest BCUT2D eigenvalue weighted by Crippen LogP contribution is -2.25. The molecular formula is C9H10ClF2NS. The molecule has 1 heterocycles. The molecule has 14 heavy (non-hydrogen) atoms. The molecule has 0 bridgehead atoms. The molecule has 2 aliphatic rings. The fourth-order valence-electron chi connectivity index (χ4n) is 1.80. The smallest absolute Gasteiger partial charge is 0.272 e. The highest BCUT2D eigenvalue weighted by Crippen LogP contribution is 2.46. The Kier molecular flexibility index (Phi) is 2.52. The van der Waals surface area contributed by atoms with Crippen LogP contribution in [0.1, 0.15) is 12.8 Å². The monoisotopic (exact) mass is 237 g/mol.